The molecule has 1 unspecified atom stereocenters. The van der Waals surface area contributed by atoms with Crippen LogP contribution in [-0.4, -0.2) is 81.3 Å². The summed E-state index contributed by atoms with van der Waals surface area (Å²) in [7, 11) is 3.11. The van der Waals surface area contributed by atoms with E-state index in [4.69, 9.17) is 4.74 Å². The number of hydrogen-bond donors (Lipinski definition) is 1. The minimum atomic E-state index is -4.17. The summed E-state index contributed by atoms with van der Waals surface area (Å²) < 4.78 is 41.9. The van der Waals surface area contributed by atoms with Crippen molar-refractivity contribution in [3.8, 4) is 0 Å². The predicted molar refractivity (Wildman–Crippen MR) is 106 cm³/mol. The molecule has 1 saturated heterocycles. The normalized spacial score (nSPS) is 18.5. The molecule has 10 heteroatoms. The van der Waals surface area contributed by atoms with Gasteiger partial charge < -0.3 is 15.0 Å². The SMILES string of the molecule is CCOC(=O)C1CCCN(C(=NC)NCCCN(C)CC(F)(F)F)C1.I. The van der Waals surface area contributed by atoms with Crippen LogP contribution in [0.2, 0.25) is 0 Å². The number of guanidine groups is 1. The van der Waals surface area contributed by atoms with Gasteiger partial charge >= 0.3 is 12.1 Å². The Hall–Kier alpha value is -0.780. The van der Waals surface area contributed by atoms with Crippen LogP contribution in [0.3, 0.4) is 0 Å². The van der Waals surface area contributed by atoms with Gasteiger partial charge in [-0.25, -0.2) is 0 Å². The molecule has 0 aromatic carbocycles. The van der Waals surface area contributed by atoms with Crippen LogP contribution >= 0.6 is 24.0 Å². The van der Waals surface area contributed by atoms with Gasteiger partial charge in [-0.3, -0.25) is 14.7 Å². The van der Waals surface area contributed by atoms with Crippen molar-refractivity contribution in [2.75, 3.05) is 53.4 Å². The van der Waals surface area contributed by atoms with Crippen molar-refractivity contribution in [2.45, 2.75) is 32.4 Å². The maximum atomic E-state index is 12.3. The van der Waals surface area contributed by atoms with Gasteiger partial charge in [-0.2, -0.15) is 13.2 Å². The summed E-state index contributed by atoms with van der Waals surface area (Å²) in [5.41, 5.74) is 0. The van der Waals surface area contributed by atoms with Gasteiger partial charge in [0.2, 0.25) is 0 Å². The summed E-state index contributed by atoms with van der Waals surface area (Å²) in [4.78, 5) is 19.4. The van der Waals surface area contributed by atoms with Crippen LogP contribution in [-0.2, 0) is 9.53 Å². The predicted octanol–water partition coefficient (Wildman–Crippen LogP) is 2.34. The van der Waals surface area contributed by atoms with Crippen LogP contribution in [0.25, 0.3) is 0 Å². The molecule has 1 N–H and O–H groups in total. The first-order valence-electron chi connectivity index (χ1n) is 8.64. The van der Waals surface area contributed by atoms with Gasteiger partial charge in [-0.05, 0) is 39.8 Å². The topological polar surface area (TPSA) is 57.2 Å². The molecule has 0 amide bonds. The minimum Gasteiger partial charge on any atom is -0.466 e. The van der Waals surface area contributed by atoms with Crippen LogP contribution in [0.5, 0.6) is 0 Å². The molecule has 0 aromatic rings. The van der Waals surface area contributed by atoms with E-state index in [-0.39, 0.29) is 35.9 Å². The number of ether oxygens (including phenoxy) is 1. The molecule has 6 nitrogen and oxygen atoms in total. The molecular formula is C16H30F3IN4O2. The Morgan fingerprint density at radius 3 is 2.69 bits per heavy atom. The van der Waals surface area contributed by atoms with Crippen LogP contribution in [0, 0.1) is 5.92 Å². The zero-order valence-corrected chi connectivity index (χ0v) is 18.0. The van der Waals surface area contributed by atoms with E-state index < -0.39 is 12.7 Å². The third kappa shape index (κ3) is 9.79. The maximum absolute atomic E-state index is 12.3. The highest BCUT2D eigenvalue weighted by Gasteiger charge is 2.29. The molecule has 1 fully saturated rings. The molecular weight excluding hydrogens is 464 g/mol. The van der Waals surface area contributed by atoms with Gasteiger partial charge in [0.05, 0.1) is 19.1 Å². The third-order valence-electron chi connectivity index (χ3n) is 4.00. The van der Waals surface area contributed by atoms with Crippen molar-refractivity contribution in [3.63, 3.8) is 0 Å². The van der Waals surface area contributed by atoms with E-state index in [9.17, 15) is 18.0 Å². The Morgan fingerprint density at radius 1 is 1.42 bits per heavy atom. The molecule has 0 aromatic heterocycles. The van der Waals surface area contributed by atoms with Crippen molar-refractivity contribution in [1.82, 2.24) is 15.1 Å². The number of esters is 1. The van der Waals surface area contributed by atoms with Crippen LogP contribution in [0.4, 0.5) is 13.2 Å². The Kier molecular flexibility index (Phi) is 12.2. The fourth-order valence-electron chi connectivity index (χ4n) is 2.89. The van der Waals surface area contributed by atoms with Gasteiger partial charge in [0.25, 0.3) is 0 Å². The summed E-state index contributed by atoms with van der Waals surface area (Å²) >= 11 is 0. The number of likely N-dealkylation sites (tertiary alicyclic amines) is 1. The molecule has 26 heavy (non-hydrogen) atoms. The fourth-order valence-corrected chi connectivity index (χ4v) is 2.89. The van der Waals surface area contributed by atoms with Crippen LogP contribution < -0.4 is 5.32 Å². The number of carbonyl (C=O) groups excluding carboxylic acids is 1. The number of alkyl halides is 3. The van der Waals surface area contributed by atoms with Gasteiger partial charge in [0, 0.05) is 26.7 Å². The number of nitrogens with one attached hydrogen (secondary N) is 1. The van der Waals surface area contributed by atoms with Crippen molar-refractivity contribution < 1.29 is 22.7 Å². The number of piperidine rings is 1. The Labute approximate surface area is 170 Å². The van der Waals surface area contributed by atoms with Crippen molar-refractivity contribution in [1.29, 1.82) is 0 Å². The van der Waals surface area contributed by atoms with Gasteiger partial charge in [-0.1, -0.05) is 0 Å². The molecule has 0 radical (unpaired) electrons. The average molecular weight is 494 g/mol. The summed E-state index contributed by atoms with van der Waals surface area (Å²) in [5, 5.41) is 3.16. The number of hydrogen-bond acceptors (Lipinski definition) is 4. The Morgan fingerprint density at radius 2 is 2.12 bits per heavy atom. The van der Waals surface area contributed by atoms with Crippen molar-refractivity contribution >= 4 is 35.9 Å². The van der Waals surface area contributed by atoms with E-state index in [2.05, 4.69) is 10.3 Å². The van der Waals surface area contributed by atoms with Gasteiger partial charge in [0.1, 0.15) is 0 Å². The lowest BCUT2D eigenvalue weighted by molar-refractivity contribution is -0.149. The molecule has 1 aliphatic rings. The monoisotopic (exact) mass is 494 g/mol. The van der Waals surface area contributed by atoms with Gasteiger partial charge in [0.15, 0.2) is 5.96 Å². The zero-order chi connectivity index (χ0) is 18.9. The highest BCUT2D eigenvalue weighted by Crippen LogP contribution is 2.18. The minimum absolute atomic E-state index is 0. The second-order valence-corrected chi connectivity index (χ2v) is 6.22. The molecule has 0 aliphatic carbocycles. The number of nitrogens with zero attached hydrogens (tertiary/aromatic N) is 3. The quantitative estimate of drug-likeness (QED) is 0.194. The first-order chi connectivity index (χ1) is 11.8. The first-order valence-corrected chi connectivity index (χ1v) is 8.64. The molecule has 154 valence electrons. The fraction of sp³-hybridized carbons (Fsp3) is 0.875. The van der Waals surface area contributed by atoms with Gasteiger partial charge in [-0.15, -0.1) is 24.0 Å². The number of carbonyl (C=O) groups is 1. The lowest BCUT2D eigenvalue weighted by Crippen LogP contribution is -2.48. The Balaban J connectivity index is 0.00000625. The van der Waals surface area contributed by atoms with E-state index in [0.717, 1.165) is 19.4 Å². The summed E-state index contributed by atoms with van der Waals surface area (Å²) in [5.74, 6) is 0.328. The summed E-state index contributed by atoms with van der Waals surface area (Å²) in [6, 6.07) is 0. The zero-order valence-electron chi connectivity index (χ0n) is 15.6. The number of aliphatic imine (C=N–C) groups is 1. The second kappa shape index (κ2) is 12.6. The van der Waals surface area contributed by atoms with E-state index in [1.807, 2.05) is 4.90 Å². The molecule has 1 atom stereocenters. The largest absolute Gasteiger partial charge is 0.466 e. The molecule has 1 heterocycles. The second-order valence-electron chi connectivity index (χ2n) is 6.22. The van der Waals surface area contributed by atoms with E-state index in [1.165, 1.54) is 11.9 Å². The van der Waals surface area contributed by atoms with Crippen LogP contribution in [0.15, 0.2) is 4.99 Å². The van der Waals surface area contributed by atoms with Crippen molar-refractivity contribution in [2.24, 2.45) is 10.9 Å². The first kappa shape index (κ1) is 25.2. The highest BCUT2D eigenvalue weighted by molar-refractivity contribution is 14.0. The Bertz CT molecular complexity index is 450. The van der Waals surface area contributed by atoms with E-state index in [1.54, 1.807) is 14.0 Å². The molecule has 0 bridgehead atoms. The average Bonchev–Trinajstić information content (AvgIpc) is 2.53. The summed E-state index contributed by atoms with van der Waals surface area (Å²) in [6.45, 7) is 3.46. The van der Waals surface area contributed by atoms with Crippen LogP contribution in [0.1, 0.15) is 26.2 Å². The number of halogens is 4. The molecule has 1 rings (SSSR count). The highest BCUT2D eigenvalue weighted by atomic mass is 127. The third-order valence-corrected chi connectivity index (χ3v) is 4.00. The summed E-state index contributed by atoms with van der Waals surface area (Å²) in [6.07, 6.45) is -1.93. The standard InChI is InChI=1S/C16H29F3N4O2.HI/c1-4-25-14(24)13-7-5-10-23(11-13)15(20-2)21-8-6-9-22(3)12-16(17,18)19;/h13H,4-12H2,1-3H3,(H,20,21);1H. The van der Waals surface area contributed by atoms with E-state index >= 15 is 0 Å². The lowest BCUT2D eigenvalue weighted by Gasteiger charge is -2.34. The molecule has 0 saturated carbocycles. The molecule has 1 aliphatic heterocycles. The smallest absolute Gasteiger partial charge is 0.401 e. The number of rotatable bonds is 7. The lowest BCUT2D eigenvalue weighted by atomic mass is 9.98. The van der Waals surface area contributed by atoms with Crippen molar-refractivity contribution in [3.05, 3.63) is 0 Å². The maximum Gasteiger partial charge on any atom is 0.401 e. The van der Waals surface area contributed by atoms with E-state index in [0.29, 0.717) is 38.6 Å². The molecule has 0 spiro atoms.